The van der Waals surface area contributed by atoms with E-state index in [0.29, 0.717) is 18.6 Å². The predicted molar refractivity (Wildman–Crippen MR) is 70.8 cm³/mol. The Morgan fingerprint density at radius 3 is 2.06 bits per heavy atom. The zero-order chi connectivity index (χ0) is 13.8. The van der Waals surface area contributed by atoms with Crippen molar-refractivity contribution in [3.8, 4) is 0 Å². The highest BCUT2D eigenvalue weighted by Gasteiger charge is 2.22. The van der Waals surface area contributed by atoms with Crippen LogP contribution in [-0.4, -0.2) is 18.4 Å². The van der Waals surface area contributed by atoms with Gasteiger partial charge in [0.1, 0.15) is 0 Å². The minimum atomic E-state index is -0.447. The van der Waals surface area contributed by atoms with E-state index in [4.69, 9.17) is 4.74 Å². The van der Waals surface area contributed by atoms with E-state index in [0.717, 1.165) is 6.42 Å². The third kappa shape index (κ3) is 6.93. The van der Waals surface area contributed by atoms with Crippen molar-refractivity contribution in [2.75, 3.05) is 6.61 Å². The first-order chi connectivity index (χ1) is 8.08. The van der Waals surface area contributed by atoms with Gasteiger partial charge in [-0.25, -0.2) is 0 Å². The maximum atomic E-state index is 11.6. The van der Waals surface area contributed by atoms with E-state index in [1.165, 1.54) is 0 Å². The second kappa shape index (κ2) is 11.4. The Morgan fingerprint density at radius 1 is 1.18 bits per heavy atom. The van der Waals surface area contributed by atoms with E-state index in [1.807, 2.05) is 26.8 Å². The molecule has 1 unspecified atom stereocenters. The summed E-state index contributed by atoms with van der Waals surface area (Å²) >= 11 is 0. The number of allylic oxidation sites excluding steroid dienone is 1. The monoisotopic (exact) mass is 242 g/mol. The number of carbonyl (C=O) groups is 2. The van der Waals surface area contributed by atoms with Crippen molar-refractivity contribution in [3.63, 3.8) is 0 Å². The van der Waals surface area contributed by atoms with Crippen LogP contribution in [0.15, 0.2) is 11.6 Å². The lowest BCUT2D eigenvalue weighted by atomic mass is 9.95. The maximum absolute atomic E-state index is 11.6. The molecule has 1 atom stereocenters. The van der Waals surface area contributed by atoms with Gasteiger partial charge in [0.2, 0.25) is 0 Å². The van der Waals surface area contributed by atoms with Gasteiger partial charge in [-0.05, 0) is 20.3 Å². The van der Waals surface area contributed by atoms with Crippen LogP contribution < -0.4 is 0 Å². The van der Waals surface area contributed by atoms with Crippen molar-refractivity contribution in [1.82, 2.24) is 0 Å². The normalized spacial score (nSPS) is 12.2. The first-order valence-corrected chi connectivity index (χ1v) is 6.48. The van der Waals surface area contributed by atoms with Crippen molar-refractivity contribution in [3.05, 3.63) is 11.6 Å². The van der Waals surface area contributed by atoms with Gasteiger partial charge in [-0.3, -0.25) is 9.59 Å². The second-order valence-electron chi connectivity index (χ2n) is 3.32. The standard InChI is InChI=1S/C12H20O3.C2H6/c1-5-8-10(11(13)6-2)9(4)12(14)15-7-3;1-2/h8-9H,5-7H2,1-4H3;1-2H3/b10-8-;. The number of ether oxygens (including phenoxy) is 1. The van der Waals surface area contributed by atoms with Crippen molar-refractivity contribution >= 4 is 11.8 Å². The van der Waals surface area contributed by atoms with Crippen LogP contribution in [0.25, 0.3) is 0 Å². The quantitative estimate of drug-likeness (QED) is 0.528. The second-order valence-corrected chi connectivity index (χ2v) is 3.32. The number of carbonyl (C=O) groups excluding carboxylic acids is 2. The Morgan fingerprint density at radius 2 is 1.71 bits per heavy atom. The van der Waals surface area contributed by atoms with Crippen LogP contribution in [0.2, 0.25) is 0 Å². The minimum Gasteiger partial charge on any atom is -0.466 e. The molecule has 0 saturated heterocycles. The van der Waals surface area contributed by atoms with Crippen molar-refractivity contribution < 1.29 is 14.3 Å². The van der Waals surface area contributed by atoms with E-state index in [-0.39, 0.29) is 11.8 Å². The van der Waals surface area contributed by atoms with Crippen LogP contribution in [0.1, 0.15) is 54.4 Å². The highest BCUT2D eigenvalue weighted by molar-refractivity contribution is 6.00. The third-order valence-corrected chi connectivity index (χ3v) is 2.17. The van der Waals surface area contributed by atoms with Crippen LogP contribution in [0.3, 0.4) is 0 Å². The average molecular weight is 242 g/mol. The average Bonchev–Trinajstić information content (AvgIpc) is 2.37. The molecule has 0 aromatic rings. The molecule has 0 aliphatic heterocycles. The summed E-state index contributed by atoms with van der Waals surface area (Å²) in [6.07, 6.45) is 2.99. The topological polar surface area (TPSA) is 43.4 Å². The highest BCUT2D eigenvalue weighted by atomic mass is 16.5. The van der Waals surface area contributed by atoms with E-state index in [2.05, 4.69) is 0 Å². The summed E-state index contributed by atoms with van der Waals surface area (Å²) in [5.74, 6) is -0.742. The smallest absolute Gasteiger partial charge is 0.313 e. The Labute approximate surface area is 105 Å². The summed E-state index contributed by atoms with van der Waals surface area (Å²) in [5, 5.41) is 0. The summed E-state index contributed by atoms with van der Waals surface area (Å²) in [4.78, 5) is 23.0. The fraction of sp³-hybridized carbons (Fsp3) is 0.714. The van der Waals surface area contributed by atoms with Gasteiger partial charge in [-0.1, -0.05) is 33.8 Å². The van der Waals surface area contributed by atoms with Crippen LogP contribution >= 0.6 is 0 Å². The molecule has 0 aliphatic carbocycles. The molecule has 0 bridgehead atoms. The summed E-state index contributed by atoms with van der Waals surface area (Å²) in [5.41, 5.74) is 0.582. The summed E-state index contributed by atoms with van der Waals surface area (Å²) in [6, 6.07) is 0. The minimum absolute atomic E-state index is 0.0254. The third-order valence-electron chi connectivity index (χ3n) is 2.17. The van der Waals surface area contributed by atoms with Gasteiger partial charge in [-0.2, -0.15) is 0 Å². The predicted octanol–water partition coefficient (Wildman–Crippen LogP) is 3.53. The molecular formula is C14H26O3. The number of hydrogen-bond acceptors (Lipinski definition) is 3. The number of Topliss-reactive ketones (excluding diaryl/α,β-unsaturated/α-hetero) is 1. The van der Waals surface area contributed by atoms with Gasteiger partial charge >= 0.3 is 5.97 Å². The largest absolute Gasteiger partial charge is 0.466 e. The maximum Gasteiger partial charge on any atom is 0.313 e. The Hall–Kier alpha value is -1.12. The molecule has 0 aromatic carbocycles. The zero-order valence-electron chi connectivity index (χ0n) is 12.0. The molecule has 0 rings (SSSR count). The van der Waals surface area contributed by atoms with E-state index in [1.54, 1.807) is 20.8 Å². The molecule has 100 valence electrons. The molecule has 0 amide bonds. The van der Waals surface area contributed by atoms with Crippen LogP contribution in [0.5, 0.6) is 0 Å². The molecule has 0 aliphatic rings. The molecular weight excluding hydrogens is 216 g/mol. The highest BCUT2D eigenvalue weighted by Crippen LogP contribution is 2.16. The molecule has 0 radical (unpaired) electrons. The first kappa shape index (κ1) is 18.3. The van der Waals surface area contributed by atoms with Gasteiger partial charge in [0.05, 0.1) is 12.5 Å². The fourth-order valence-corrected chi connectivity index (χ4v) is 1.35. The molecule has 0 N–H and O–H groups in total. The molecule has 3 nitrogen and oxygen atoms in total. The molecule has 0 saturated carbocycles. The number of esters is 1. The lowest BCUT2D eigenvalue weighted by Crippen LogP contribution is -2.21. The van der Waals surface area contributed by atoms with Gasteiger partial charge < -0.3 is 4.74 Å². The van der Waals surface area contributed by atoms with Crippen LogP contribution in [0, 0.1) is 5.92 Å². The van der Waals surface area contributed by atoms with E-state index < -0.39 is 5.92 Å². The summed E-state index contributed by atoms with van der Waals surface area (Å²) < 4.78 is 4.89. The van der Waals surface area contributed by atoms with Gasteiger partial charge in [-0.15, -0.1) is 0 Å². The van der Waals surface area contributed by atoms with Gasteiger partial charge in [0.25, 0.3) is 0 Å². The fourth-order valence-electron chi connectivity index (χ4n) is 1.35. The summed E-state index contributed by atoms with van der Waals surface area (Å²) in [6.45, 7) is 11.6. The number of hydrogen-bond donors (Lipinski definition) is 0. The van der Waals surface area contributed by atoms with Gasteiger partial charge in [0, 0.05) is 12.0 Å². The summed E-state index contributed by atoms with van der Waals surface area (Å²) in [7, 11) is 0. The van der Waals surface area contributed by atoms with Crippen molar-refractivity contribution in [1.29, 1.82) is 0 Å². The lowest BCUT2D eigenvalue weighted by molar-refractivity contribution is -0.146. The Kier molecular flexibility index (Phi) is 12.2. The van der Waals surface area contributed by atoms with Crippen LogP contribution in [0.4, 0.5) is 0 Å². The number of rotatable bonds is 6. The van der Waals surface area contributed by atoms with E-state index in [9.17, 15) is 9.59 Å². The first-order valence-electron chi connectivity index (χ1n) is 6.48. The van der Waals surface area contributed by atoms with Crippen LogP contribution in [-0.2, 0) is 14.3 Å². The lowest BCUT2D eigenvalue weighted by Gasteiger charge is -2.13. The molecule has 0 spiro atoms. The van der Waals surface area contributed by atoms with Crippen molar-refractivity contribution in [2.45, 2.75) is 54.4 Å². The molecule has 0 heterocycles. The Bertz CT molecular complexity index is 254. The zero-order valence-corrected chi connectivity index (χ0v) is 12.0. The Balaban J connectivity index is 0. The SMILES string of the molecule is CC.CC/C=C(\C(=O)CC)C(C)C(=O)OCC. The molecule has 0 fully saturated rings. The molecule has 17 heavy (non-hydrogen) atoms. The van der Waals surface area contributed by atoms with Gasteiger partial charge in [0.15, 0.2) is 5.78 Å². The van der Waals surface area contributed by atoms with E-state index >= 15 is 0 Å². The van der Waals surface area contributed by atoms with Crippen molar-refractivity contribution in [2.24, 2.45) is 5.92 Å². The number of ketones is 1. The molecule has 3 heteroatoms. The molecule has 0 aromatic heterocycles.